The smallest absolute Gasteiger partial charge is 0.309 e. The van der Waals surface area contributed by atoms with Crippen molar-refractivity contribution in [3.8, 4) is 0 Å². The van der Waals surface area contributed by atoms with Crippen LogP contribution < -0.4 is 0 Å². The number of aliphatic carboxylic acids is 1. The first-order chi connectivity index (χ1) is 7.08. The van der Waals surface area contributed by atoms with Crippen LogP contribution in [0.5, 0.6) is 0 Å². The SMILES string of the molecule is CCCCC(C)(Cc1ncc[nH]1)C(=O)O. The second-order valence-corrected chi connectivity index (χ2v) is 4.18. The molecule has 15 heavy (non-hydrogen) atoms. The van der Waals surface area contributed by atoms with E-state index in [-0.39, 0.29) is 0 Å². The summed E-state index contributed by atoms with van der Waals surface area (Å²) in [5, 5.41) is 9.22. The number of carbonyl (C=O) groups is 1. The van der Waals surface area contributed by atoms with Gasteiger partial charge in [-0.3, -0.25) is 4.79 Å². The van der Waals surface area contributed by atoms with Crippen molar-refractivity contribution in [2.24, 2.45) is 5.41 Å². The summed E-state index contributed by atoms with van der Waals surface area (Å²) in [4.78, 5) is 18.2. The van der Waals surface area contributed by atoms with E-state index in [2.05, 4.69) is 16.9 Å². The predicted molar refractivity (Wildman–Crippen MR) is 57.6 cm³/mol. The molecule has 0 aliphatic rings. The second kappa shape index (κ2) is 4.96. The van der Waals surface area contributed by atoms with E-state index in [1.807, 2.05) is 0 Å². The molecule has 0 saturated carbocycles. The summed E-state index contributed by atoms with van der Waals surface area (Å²) in [5.41, 5.74) is -0.701. The van der Waals surface area contributed by atoms with E-state index < -0.39 is 11.4 Å². The molecule has 4 nitrogen and oxygen atoms in total. The first-order valence-electron chi connectivity index (χ1n) is 5.30. The molecule has 0 bridgehead atoms. The third-order valence-corrected chi connectivity index (χ3v) is 2.71. The largest absolute Gasteiger partial charge is 0.481 e. The van der Waals surface area contributed by atoms with Crippen LogP contribution in [0.2, 0.25) is 0 Å². The monoisotopic (exact) mass is 210 g/mol. The van der Waals surface area contributed by atoms with Gasteiger partial charge in [0.05, 0.1) is 5.41 Å². The lowest BCUT2D eigenvalue weighted by Gasteiger charge is -2.23. The summed E-state index contributed by atoms with van der Waals surface area (Å²) in [7, 11) is 0. The average molecular weight is 210 g/mol. The summed E-state index contributed by atoms with van der Waals surface area (Å²) >= 11 is 0. The number of imidazole rings is 1. The van der Waals surface area contributed by atoms with E-state index in [1.165, 1.54) is 0 Å². The number of nitrogens with one attached hydrogen (secondary N) is 1. The highest BCUT2D eigenvalue weighted by atomic mass is 16.4. The number of nitrogens with zero attached hydrogens (tertiary/aromatic N) is 1. The van der Waals surface area contributed by atoms with E-state index in [1.54, 1.807) is 19.3 Å². The van der Waals surface area contributed by atoms with Crippen LogP contribution in [0.4, 0.5) is 0 Å². The molecule has 1 aromatic heterocycles. The zero-order valence-corrected chi connectivity index (χ0v) is 9.29. The van der Waals surface area contributed by atoms with Gasteiger partial charge in [-0.15, -0.1) is 0 Å². The highest BCUT2D eigenvalue weighted by Gasteiger charge is 2.33. The molecule has 0 aliphatic carbocycles. The van der Waals surface area contributed by atoms with Gasteiger partial charge in [-0.2, -0.15) is 0 Å². The molecule has 4 heteroatoms. The summed E-state index contributed by atoms with van der Waals surface area (Å²) in [6.45, 7) is 3.85. The Hall–Kier alpha value is -1.32. The lowest BCUT2D eigenvalue weighted by molar-refractivity contribution is -0.148. The van der Waals surface area contributed by atoms with Crippen molar-refractivity contribution in [3.05, 3.63) is 18.2 Å². The van der Waals surface area contributed by atoms with Gasteiger partial charge < -0.3 is 10.1 Å². The second-order valence-electron chi connectivity index (χ2n) is 4.18. The lowest BCUT2D eigenvalue weighted by Crippen LogP contribution is -2.30. The van der Waals surface area contributed by atoms with E-state index in [9.17, 15) is 9.90 Å². The minimum Gasteiger partial charge on any atom is -0.481 e. The molecular weight excluding hydrogens is 192 g/mol. The normalized spacial score (nSPS) is 14.8. The third-order valence-electron chi connectivity index (χ3n) is 2.71. The van der Waals surface area contributed by atoms with Crippen LogP contribution in [0.1, 0.15) is 38.9 Å². The van der Waals surface area contributed by atoms with E-state index in [0.717, 1.165) is 18.7 Å². The van der Waals surface area contributed by atoms with Crippen LogP contribution in [0.25, 0.3) is 0 Å². The molecule has 0 aliphatic heterocycles. The summed E-state index contributed by atoms with van der Waals surface area (Å²) in [5.74, 6) is 0.00310. The summed E-state index contributed by atoms with van der Waals surface area (Å²) in [6, 6.07) is 0. The molecule has 1 unspecified atom stereocenters. The standard InChI is InChI=1S/C11H18N2O2/c1-3-4-5-11(2,10(14)15)8-9-12-6-7-13-9/h6-7H,3-5,8H2,1-2H3,(H,12,13)(H,14,15). The fraction of sp³-hybridized carbons (Fsp3) is 0.636. The van der Waals surface area contributed by atoms with Crippen LogP contribution in [-0.2, 0) is 11.2 Å². The molecule has 0 fully saturated rings. The van der Waals surface area contributed by atoms with Crippen LogP contribution >= 0.6 is 0 Å². The molecule has 1 heterocycles. The highest BCUT2D eigenvalue weighted by Crippen LogP contribution is 2.28. The van der Waals surface area contributed by atoms with E-state index in [4.69, 9.17) is 0 Å². The number of hydrogen-bond acceptors (Lipinski definition) is 2. The lowest BCUT2D eigenvalue weighted by atomic mass is 9.81. The molecule has 1 aromatic rings. The Morgan fingerprint density at radius 2 is 2.40 bits per heavy atom. The van der Waals surface area contributed by atoms with E-state index >= 15 is 0 Å². The molecule has 0 saturated heterocycles. The van der Waals surface area contributed by atoms with Crippen LogP contribution in [0.15, 0.2) is 12.4 Å². The minimum absolute atomic E-state index is 0.468. The molecular formula is C11H18N2O2. The number of aromatic amines is 1. The predicted octanol–water partition coefficient (Wildman–Crippen LogP) is 2.23. The van der Waals surface area contributed by atoms with Gasteiger partial charge in [0.2, 0.25) is 0 Å². The number of hydrogen-bond donors (Lipinski definition) is 2. The Bertz CT molecular complexity index is 308. The number of carboxylic acids is 1. The van der Waals surface area contributed by atoms with Gasteiger partial charge in [0, 0.05) is 18.8 Å². The highest BCUT2D eigenvalue weighted by molar-refractivity contribution is 5.74. The fourth-order valence-electron chi connectivity index (χ4n) is 1.60. The van der Waals surface area contributed by atoms with Gasteiger partial charge in [0.1, 0.15) is 5.82 Å². The number of H-pyrrole nitrogens is 1. The van der Waals surface area contributed by atoms with Crippen LogP contribution in [0.3, 0.4) is 0 Å². The van der Waals surface area contributed by atoms with Crippen molar-refractivity contribution in [1.82, 2.24) is 9.97 Å². The van der Waals surface area contributed by atoms with Crippen LogP contribution in [0, 0.1) is 5.41 Å². The average Bonchev–Trinajstić information content (AvgIpc) is 2.67. The van der Waals surface area contributed by atoms with Crippen molar-refractivity contribution >= 4 is 5.97 Å². The third kappa shape index (κ3) is 3.08. The molecule has 2 N–H and O–H groups in total. The summed E-state index contributed by atoms with van der Waals surface area (Å²) in [6.07, 6.45) is 6.48. The Labute approximate surface area is 89.7 Å². The van der Waals surface area contributed by atoms with Crippen molar-refractivity contribution in [2.75, 3.05) is 0 Å². The van der Waals surface area contributed by atoms with Gasteiger partial charge in [-0.25, -0.2) is 4.98 Å². The topological polar surface area (TPSA) is 66.0 Å². The minimum atomic E-state index is -0.743. The molecule has 84 valence electrons. The van der Waals surface area contributed by atoms with E-state index in [0.29, 0.717) is 12.8 Å². The zero-order chi connectivity index (χ0) is 11.3. The molecule has 1 rings (SSSR count). The number of aromatic nitrogens is 2. The molecule has 1 atom stereocenters. The molecule has 0 radical (unpaired) electrons. The first kappa shape index (κ1) is 11.8. The van der Waals surface area contributed by atoms with Gasteiger partial charge in [-0.1, -0.05) is 19.8 Å². The van der Waals surface area contributed by atoms with Gasteiger partial charge >= 0.3 is 5.97 Å². The maximum Gasteiger partial charge on any atom is 0.309 e. The Morgan fingerprint density at radius 3 is 2.87 bits per heavy atom. The quantitative estimate of drug-likeness (QED) is 0.756. The molecule has 0 amide bonds. The number of rotatable bonds is 6. The Morgan fingerprint density at radius 1 is 1.67 bits per heavy atom. The number of carboxylic acid groups (broad SMARTS) is 1. The van der Waals surface area contributed by atoms with Gasteiger partial charge in [0.15, 0.2) is 0 Å². The van der Waals surface area contributed by atoms with Crippen molar-refractivity contribution in [1.29, 1.82) is 0 Å². The first-order valence-corrected chi connectivity index (χ1v) is 5.30. The van der Waals surface area contributed by atoms with Crippen molar-refractivity contribution in [2.45, 2.75) is 39.5 Å². The van der Waals surface area contributed by atoms with Gasteiger partial charge in [0.25, 0.3) is 0 Å². The Balaban J connectivity index is 2.68. The molecule has 0 spiro atoms. The molecule has 0 aromatic carbocycles. The number of unbranched alkanes of at least 4 members (excludes halogenated alkanes) is 1. The Kier molecular flexibility index (Phi) is 3.88. The van der Waals surface area contributed by atoms with Gasteiger partial charge in [-0.05, 0) is 13.3 Å². The van der Waals surface area contributed by atoms with Crippen LogP contribution in [-0.4, -0.2) is 21.0 Å². The maximum absolute atomic E-state index is 11.2. The van der Waals surface area contributed by atoms with Crippen molar-refractivity contribution < 1.29 is 9.90 Å². The summed E-state index contributed by atoms with van der Waals surface area (Å²) < 4.78 is 0. The van der Waals surface area contributed by atoms with Crippen molar-refractivity contribution in [3.63, 3.8) is 0 Å². The maximum atomic E-state index is 11.2. The fourth-order valence-corrected chi connectivity index (χ4v) is 1.60. The zero-order valence-electron chi connectivity index (χ0n) is 9.29.